The van der Waals surface area contributed by atoms with E-state index in [-0.39, 0.29) is 0 Å². The third-order valence-electron chi connectivity index (χ3n) is 5.25. The Bertz CT molecular complexity index is 721. The van der Waals surface area contributed by atoms with Gasteiger partial charge in [0.05, 0.1) is 11.1 Å². The highest BCUT2D eigenvalue weighted by atomic mass is 15.0. The lowest BCUT2D eigenvalue weighted by Gasteiger charge is -2.42. The van der Waals surface area contributed by atoms with Crippen LogP contribution in [0.15, 0.2) is 30.3 Å². The van der Waals surface area contributed by atoms with Gasteiger partial charge in [0.1, 0.15) is 11.9 Å². The largest absolute Gasteiger partial charge is 0.368 e. The molecule has 1 aromatic carbocycles. The summed E-state index contributed by atoms with van der Waals surface area (Å²) in [5, 5.41) is 13.9. The van der Waals surface area contributed by atoms with Gasteiger partial charge in [-0.25, -0.2) is 4.98 Å². The highest BCUT2D eigenvalue weighted by Gasteiger charge is 2.48. The van der Waals surface area contributed by atoms with Gasteiger partial charge in [-0.1, -0.05) is 24.6 Å². The van der Waals surface area contributed by atoms with E-state index in [1.807, 2.05) is 30.3 Å². The van der Waals surface area contributed by atoms with Crippen LogP contribution in [0.3, 0.4) is 0 Å². The van der Waals surface area contributed by atoms with E-state index in [2.05, 4.69) is 16.4 Å². The Kier molecular flexibility index (Phi) is 2.85. The number of rotatable bonds is 4. The number of nitrogens with one attached hydrogen (secondary N) is 1. The zero-order chi connectivity index (χ0) is 14.3. The van der Waals surface area contributed by atoms with Crippen LogP contribution < -0.4 is 5.32 Å². The van der Waals surface area contributed by atoms with Gasteiger partial charge in [-0.15, -0.1) is 0 Å². The minimum Gasteiger partial charge on any atom is -0.368 e. The number of anilines is 1. The lowest BCUT2D eigenvalue weighted by Crippen LogP contribution is -2.38. The summed E-state index contributed by atoms with van der Waals surface area (Å²) >= 11 is 0. The van der Waals surface area contributed by atoms with Crippen molar-refractivity contribution in [3.8, 4) is 6.07 Å². The van der Waals surface area contributed by atoms with Crippen molar-refractivity contribution >= 4 is 16.7 Å². The first-order chi connectivity index (χ1) is 10.3. The van der Waals surface area contributed by atoms with Gasteiger partial charge in [0, 0.05) is 11.9 Å². The van der Waals surface area contributed by atoms with E-state index in [1.165, 1.54) is 32.1 Å². The van der Waals surface area contributed by atoms with Gasteiger partial charge in [0.2, 0.25) is 0 Å². The van der Waals surface area contributed by atoms with Gasteiger partial charge >= 0.3 is 0 Å². The van der Waals surface area contributed by atoms with Gasteiger partial charge in [0.15, 0.2) is 0 Å². The molecule has 2 aliphatic carbocycles. The van der Waals surface area contributed by atoms with Crippen LogP contribution in [-0.4, -0.2) is 11.5 Å². The quantitative estimate of drug-likeness (QED) is 0.915. The first kappa shape index (κ1) is 12.6. The summed E-state index contributed by atoms with van der Waals surface area (Å²) in [6.45, 7) is 0.970. The molecule has 2 fully saturated rings. The summed E-state index contributed by atoms with van der Waals surface area (Å²) in [5.41, 5.74) is 2.09. The molecule has 106 valence electrons. The zero-order valence-electron chi connectivity index (χ0n) is 12.1. The van der Waals surface area contributed by atoms with E-state index in [4.69, 9.17) is 0 Å². The van der Waals surface area contributed by atoms with Gasteiger partial charge in [-0.3, -0.25) is 0 Å². The molecular formula is C18H19N3. The molecule has 0 aliphatic heterocycles. The number of hydrogen-bond donors (Lipinski definition) is 1. The van der Waals surface area contributed by atoms with Crippen molar-refractivity contribution in [3.63, 3.8) is 0 Å². The molecule has 2 aromatic rings. The molecule has 3 heteroatoms. The minimum absolute atomic E-state index is 0.486. The Balaban J connectivity index is 1.62. The molecule has 2 saturated carbocycles. The Labute approximate surface area is 125 Å². The molecule has 0 bridgehead atoms. The van der Waals surface area contributed by atoms with Crippen molar-refractivity contribution in [3.05, 3.63) is 35.9 Å². The molecule has 2 aliphatic rings. The zero-order valence-corrected chi connectivity index (χ0v) is 12.1. The maximum absolute atomic E-state index is 9.37. The summed E-state index contributed by atoms with van der Waals surface area (Å²) in [5.74, 6) is 1.66. The topological polar surface area (TPSA) is 48.7 Å². The highest BCUT2D eigenvalue weighted by molar-refractivity contribution is 5.82. The summed E-state index contributed by atoms with van der Waals surface area (Å²) in [6.07, 6.45) is 6.80. The number of nitrogens with zero attached hydrogens (tertiary/aromatic N) is 2. The maximum Gasteiger partial charge on any atom is 0.144 e. The minimum atomic E-state index is 0.486. The second-order valence-corrected chi connectivity index (χ2v) is 6.53. The van der Waals surface area contributed by atoms with Crippen molar-refractivity contribution in [2.45, 2.75) is 32.1 Å². The molecule has 0 radical (unpaired) electrons. The molecule has 0 saturated heterocycles. The van der Waals surface area contributed by atoms with Gasteiger partial charge in [-0.2, -0.15) is 5.26 Å². The normalized spacial score (nSPS) is 19.8. The van der Waals surface area contributed by atoms with E-state index in [0.717, 1.165) is 29.2 Å². The number of pyridine rings is 1. The van der Waals surface area contributed by atoms with Gasteiger partial charge < -0.3 is 5.32 Å². The summed E-state index contributed by atoms with van der Waals surface area (Å²) in [6, 6.07) is 12.2. The lowest BCUT2D eigenvalue weighted by molar-refractivity contribution is 0.118. The summed E-state index contributed by atoms with van der Waals surface area (Å²) in [7, 11) is 0. The van der Waals surface area contributed by atoms with E-state index in [9.17, 15) is 5.26 Å². The van der Waals surface area contributed by atoms with Crippen LogP contribution in [0.4, 0.5) is 5.82 Å². The Morgan fingerprint density at radius 1 is 1.29 bits per heavy atom. The number of nitriles is 1. The fourth-order valence-electron chi connectivity index (χ4n) is 3.65. The third kappa shape index (κ3) is 2.15. The van der Waals surface area contributed by atoms with Crippen LogP contribution in [0.5, 0.6) is 0 Å². The van der Waals surface area contributed by atoms with Crippen LogP contribution in [0.1, 0.15) is 37.7 Å². The molecule has 0 atom stereocenters. The van der Waals surface area contributed by atoms with Crippen LogP contribution >= 0.6 is 0 Å². The van der Waals surface area contributed by atoms with Crippen molar-refractivity contribution in [1.82, 2.24) is 4.98 Å². The number of fused-ring (bicyclic) bond motifs is 1. The first-order valence-corrected chi connectivity index (χ1v) is 7.84. The fourth-order valence-corrected chi connectivity index (χ4v) is 3.65. The molecule has 0 unspecified atom stereocenters. The molecule has 0 spiro atoms. The standard InChI is InChI=1S/C18H19N3/c19-11-14-10-13-4-1-2-5-16(13)21-17(14)20-12-18(8-3-9-18)15-6-7-15/h1-2,4-5,10,15H,3,6-9,12H2,(H,20,21). The van der Waals surface area contributed by atoms with Crippen LogP contribution in [-0.2, 0) is 0 Å². The second-order valence-electron chi connectivity index (χ2n) is 6.53. The number of para-hydroxylation sites is 1. The molecule has 3 nitrogen and oxygen atoms in total. The van der Waals surface area contributed by atoms with Crippen LogP contribution in [0, 0.1) is 22.7 Å². The Hall–Kier alpha value is -2.08. The van der Waals surface area contributed by atoms with E-state index < -0.39 is 0 Å². The van der Waals surface area contributed by atoms with E-state index in [0.29, 0.717) is 11.0 Å². The molecule has 4 rings (SSSR count). The van der Waals surface area contributed by atoms with Gasteiger partial charge in [-0.05, 0) is 49.1 Å². The molecule has 21 heavy (non-hydrogen) atoms. The van der Waals surface area contributed by atoms with Crippen LogP contribution in [0.25, 0.3) is 10.9 Å². The third-order valence-corrected chi connectivity index (χ3v) is 5.25. The van der Waals surface area contributed by atoms with Crippen molar-refractivity contribution in [2.24, 2.45) is 11.3 Å². The average molecular weight is 277 g/mol. The predicted octanol–water partition coefficient (Wildman–Crippen LogP) is 4.10. The molecule has 1 N–H and O–H groups in total. The SMILES string of the molecule is N#Cc1cc2ccccc2nc1NCC1(C2CC2)CCC1. The predicted molar refractivity (Wildman–Crippen MR) is 84.0 cm³/mol. The van der Waals surface area contributed by atoms with Crippen LogP contribution in [0.2, 0.25) is 0 Å². The van der Waals surface area contributed by atoms with Crippen molar-refractivity contribution in [2.75, 3.05) is 11.9 Å². The molecular weight excluding hydrogens is 258 g/mol. The molecule has 1 heterocycles. The lowest BCUT2D eigenvalue weighted by atomic mass is 9.65. The molecule has 1 aromatic heterocycles. The monoisotopic (exact) mass is 277 g/mol. The first-order valence-electron chi connectivity index (χ1n) is 7.84. The molecule has 0 amide bonds. The highest BCUT2D eigenvalue weighted by Crippen LogP contribution is 2.57. The second kappa shape index (κ2) is 4.73. The number of aromatic nitrogens is 1. The summed E-state index contributed by atoms with van der Waals surface area (Å²) in [4.78, 5) is 4.65. The smallest absolute Gasteiger partial charge is 0.144 e. The van der Waals surface area contributed by atoms with E-state index >= 15 is 0 Å². The maximum atomic E-state index is 9.37. The Morgan fingerprint density at radius 3 is 2.76 bits per heavy atom. The Morgan fingerprint density at radius 2 is 2.10 bits per heavy atom. The fraction of sp³-hybridized carbons (Fsp3) is 0.444. The summed E-state index contributed by atoms with van der Waals surface area (Å²) < 4.78 is 0. The van der Waals surface area contributed by atoms with E-state index in [1.54, 1.807) is 0 Å². The van der Waals surface area contributed by atoms with Crippen molar-refractivity contribution in [1.29, 1.82) is 5.26 Å². The van der Waals surface area contributed by atoms with Crippen molar-refractivity contribution < 1.29 is 0 Å². The van der Waals surface area contributed by atoms with Gasteiger partial charge in [0.25, 0.3) is 0 Å². The average Bonchev–Trinajstić information content (AvgIpc) is 3.30. The number of hydrogen-bond acceptors (Lipinski definition) is 3. The number of benzene rings is 1.